The van der Waals surface area contributed by atoms with Gasteiger partial charge in [0.2, 0.25) is 0 Å². The summed E-state index contributed by atoms with van der Waals surface area (Å²) in [6, 6.07) is 11.7. The van der Waals surface area contributed by atoms with E-state index in [1.54, 1.807) is 0 Å². The van der Waals surface area contributed by atoms with Crippen molar-refractivity contribution in [2.45, 2.75) is 57.2 Å². The fraction of sp³-hybridized carbons (Fsp3) is 0.385. The Morgan fingerprint density at radius 2 is 1.88 bits per heavy atom. The minimum absolute atomic E-state index is 0.243. The summed E-state index contributed by atoms with van der Waals surface area (Å²) < 4.78 is 13.0. The first-order chi connectivity index (χ1) is 15.6. The molecule has 1 unspecified atom stereocenters. The molecule has 3 aromatic rings. The number of carbonyl (C=O) groups excluding carboxylic acids is 2. The lowest BCUT2D eigenvalue weighted by Crippen LogP contribution is -2.29. The number of rotatable bonds is 6. The maximum absolute atomic E-state index is 12.6. The maximum atomic E-state index is 12.6. The van der Waals surface area contributed by atoms with Crippen molar-refractivity contribution in [3.63, 3.8) is 0 Å². The molecule has 0 saturated carbocycles. The molecule has 33 heavy (non-hydrogen) atoms. The van der Waals surface area contributed by atoms with Gasteiger partial charge in [-0.05, 0) is 50.1 Å². The van der Waals surface area contributed by atoms with Gasteiger partial charge in [-0.25, -0.2) is 0 Å². The molecule has 1 atom stereocenters. The molecule has 0 radical (unpaired) electrons. The Morgan fingerprint density at radius 1 is 1.18 bits per heavy atom. The average Bonchev–Trinajstić information content (AvgIpc) is 3.03. The molecule has 5 nitrogen and oxygen atoms in total. The molecular formula is C26H28ClNO4S. The molecule has 174 valence electrons. The Labute approximate surface area is 203 Å². The Balaban J connectivity index is 1.95. The average molecular weight is 486 g/mol. The van der Waals surface area contributed by atoms with Crippen molar-refractivity contribution < 1.29 is 19.1 Å². The van der Waals surface area contributed by atoms with E-state index in [1.807, 2.05) is 62.0 Å². The number of thioether (sulfide) groups is 1. The number of nitrogens with zero attached hydrogens (tertiary/aromatic N) is 1. The maximum Gasteiger partial charge on any atom is 0.311 e. The quantitative estimate of drug-likeness (QED) is 0.314. The molecule has 4 rings (SSSR count). The third-order valence-electron chi connectivity index (χ3n) is 6.02. The number of hydrogen-bond donors (Lipinski definition) is 0. The zero-order valence-electron chi connectivity index (χ0n) is 19.5. The van der Waals surface area contributed by atoms with Gasteiger partial charge in [0.1, 0.15) is 5.75 Å². The molecule has 0 spiro atoms. The summed E-state index contributed by atoms with van der Waals surface area (Å²) in [6.07, 6.45) is 1.34. The zero-order valence-corrected chi connectivity index (χ0v) is 21.1. The van der Waals surface area contributed by atoms with Crippen LogP contribution in [0, 0.1) is 5.41 Å². The summed E-state index contributed by atoms with van der Waals surface area (Å²) in [6.45, 7) is 8.07. The van der Waals surface area contributed by atoms with Crippen LogP contribution in [0.3, 0.4) is 0 Å². The number of ether oxygens (including phenoxy) is 2. The van der Waals surface area contributed by atoms with E-state index in [4.69, 9.17) is 21.1 Å². The van der Waals surface area contributed by atoms with Gasteiger partial charge in [-0.3, -0.25) is 9.59 Å². The molecule has 0 saturated heterocycles. The van der Waals surface area contributed by atoms with Crippen LogP contribution in [-0.2, 0) is 33.7 Å². The number of aromatic nitrogens is 1. The fourth-order valence-corrected chi connectivity index (χ4v) is 5.96. The predicted molar refractivity (Wildman–Crippen MR) is 132 cm³/mol. The highest BCUT2D eigenvalue weighted by Crippen LogP contribution is 2.48. The van der Waals surface area contributed by atoms with E-state index in [0.717, 1.165) is 39.0 Å². The van der Waals surface area contributed by atoms with Gasteiger partial charge in [0.15, 0.2) is 0 Å². The molecule has 0 aliphatic carbocycles. The van der Waals surface area contributed by atoms with Crippen LogP contribution in [0.1, 0.15) is 44.5 Å². The first-order valence-electron chi connectivity index (χ1n) is 11.0. The van der Waals surface area contributed by atoms with Gasteiger partial charge in [0.25, 0.3) is 0 Å². The number of hydrogen-bond acceptors (Lipinski definition) is 5. The second kappa shape index (κ2) is 9.07. The van der Waals surface area contributed by atoms with E-state index >= 15 is 0 Å². The van der Waals surface area contributed by atoms with E-state index in [-0.39, 0.29) is 11.9 Å². The minimum atomic E-state index is -0.697. The van der Waals surface area contributed by atoms with Crippen molar-refractivity contribution >= 4 is 46.2 Å². The van der Waals surface area contributed by atoms with Crippen molar-refractivity contribution in [1.29, 1.82) is 0 Å². The molecule has 0 amide bonds. The Bertz CT molecular complexity index is 1230. The number of halogens is 1. The molecule has 1 aliphatic heterocycles. The van der Waals surface area contributed by atoms with Crippen LogP contribution in [0.4, 0.5) is 0 Å². The number of esters is 2. The first kappa shape index (κ1) is 23.7. The molecule has 2 heterocycles. The summed E-state index contributed by atoms with van der Waals surface area (Å²) in [4.78, 5) is 25.5. The summed E-state index contributed by atoms with van der Waals surface area (Å²) in [7, 11) is 1.43. The highest BCUT2D eigenvalue weighted by atomic mass is 35.5. The molecule has 1 aromatic heterocycles. The Kier molecular flexibility index (Phi) is 6.52. The second-order valence-electron chi connectivity index (χ2n) is 9.20. The van der Waals surface area contributed by atoms with Crippen molar-refractivity contribution in [2.24, 2.45) is 5.41 Å². The van der Waals surface area contributed by atoms with Crippen LogP contribution in [0.25, 0.3) is 10.9 Å². The first-order valence-corrected chi connectivity index (χ1v) is 12.2. The number of benzene rings is 2. The van der Waals surface area contributed by atoms with Crippen LogP contribution < -0.4 is 4.74 Å². The minimum Gasteiger partial charge on any atom is -0.469 e. The predicted octanol–water partition coefficient (Wildman–Crippen LogP) is 6.05. The smallest absolute Gasteiger partial charge is 0.311 e. The summed E-state index contributed by atoms with van der Waals surface area (Å²) in [5, 5.41) is 2.12. The number of methoxy groups -OCH3 is 1. The normalized spacial score (nSPS) is 15.5. The van der Waals surface area contributed by atoms with E-state index < -0.39 is 5.41 Å². The van der Waals surface area contributed by atoms with Crippen LogP contribution in [0.15, 0.2) is 41.3 Å². The van der Waals surface area contributed by atoms with Crippen LogP contribution in [-0.4, -0.2) is 28.9 Å². The fourth-order valence-electron chi connectivity index (χ4n) is 4.51. The van der Waals surface area contributed by atoms with Gasteiger partial charge in [-0.15, -0.1) is 11.8 Å². The lowest BCUT2D eigenvalue weighted by molar-refractivity contribution is -0.150. The van der Waals surface area contributed by atoms with Gasteiger partial charge in [0.05, 0.1) is 18.0 Å². The highest BCUT2D eigenvalue weighted by Gasteiger charge is 2.35. The van der Waals surface area contributed by atoms with Crippen LogP contribution >= 0.6 is 23.4 Å². The monoisotopic (exact) mass is 485 g/mol. The van der Waals surface area contributed by atoms with E-state index in [0.29, 0.717) is 29.0 Å². The molecule has 0 bridgehead atoms. The summed E-state index contributed by atoms with van der Waals surface area (Å²) >= 11 is 7.92. The van der Waals surface area contributed by atoms with E-state index in [9.17, 15) is 9.59 Å². The second-order valence-corrected chi connectivity index (χ2v) is 11.1. The van der Waals surface area contributed by atoms with Crippen molar-refractivity contribution in [1.82, 2.24) is 4.57 Å². The Hall–Kier alpha value is -2.44. The molecule has 0 N–H and O–H groups in total. The SMILES string of the molecule is COC(=O)C(C)(C)Cc1c2c3c(c(OC(C)=O)ccc3n1Cc1ccc(Cl)cc1)CC(C)S2. The standard InChI is InChI=1S/C26H28ClNO4S/c1-15-12-19-22(32-16(2)29)11-10-20-23(19)24(33-15)21(13-26(3,4)25(30)31-5)28(20)14-17-6-8-18(27)9-7-17/h6-11,15H,12-14H2,1-5H3. The topological polar surface area (TPSA) is 57.5 Å². The van der Waals surface area contributed by atoms with Gasteiger partial charge < -0.3 is 14.0 Å². The summed E-state index contributed by atoms with van der Waals surface area (Å²) in [5.41, 5.74) is 3.63. The van der Waals surface area contributed by atoms with E-state index in [1.165, 1.54) is 14.0 Å². The molecule has 2 aromatic carbocycles. The lowest BCUT2D eigenvalue weighted by Gasteiger charge is -2.25. The third kappa shape index (κ3) is 4.64. The third-order valence-corrected chi connectivity index (χ3v) is 7.52. The zero-order chi connectivity index (χ0) is 23.9. The molecule has 1 aliphatic rings. The van der Waals surface area contributed by atoms with Gasteiger partial charge in [-0.2, -0.15) is 0 Å². The molecular weight excluding hydrogens is 458 g/mol. The van der Waals surface area contributed by atoms with Crippen LogP contribution in [0.5, 0.6) is 5.75 Å². The molecule has 0 fully saturated rings. The Morgan fingerprint density at radius 3 is 2.52 bits per heavy atom. The van der Waals surface area contributed by atoms with Crippen molar-refractivity contribution in [3.8, 4) is 5.75 Å². The lowest BCUT2D eigenvalue weighted by atomic mass is 9.87. The summed E-state index contributed by atoms with van der Waals surface area (Å²) in [5.74, 6) is 0.0455. The highest BCUT2D eigenvalue weighted by molar-refractivity contribution is 8.00. The largest absolute Gasteiger partial charge is 0.469 e. The number of carbonyl (C=O) groups is 2. The van der Waals surface area contributed by atoms with Gasteiger partial charge in [0, 0.05) is 51.7 Å². The van der Waals surface area contributed by atoms with Crippen LogP contribution in [0.2, 0.25) is 5.02 Å². The van der Waals surface area contributed by atoms with Gasteiger partial charge in [-0.1, -0.05) is 30.7 Å². The van der Waals surface area contributed by atoms with E-state index in [2.05, 4.69) is 11.5 Å². The molecule has 7 heteroatoms. The van der Waals surface area contributed by atoms with Gasteiger partial charge >= 0.3 is 11.9 Å². The van der Waals surface area contributed by atoms with Crippen molar-refractivity contribution in [2.75, 3.05) is 7.11 Å². The van der Waals surface area contributed by atoms with Crippen molar-refractivity contribution in [3.05, 3.63) is 58.2 Å².